The Labute approximate surface area is 166 Å². The maximum atomic E-state index is 11.0. The molecule has 2 aromatic carbocycles. The molecule has 0 bridgehead atoms. The van der Waals surface area contributed by atoms with Crippen molar-refractivity contribution in [2.24, 2.45) is 0 Å². The molecule has 5 heteroatoms. The predicted molar refractivity (Wildman–Crippen MR) is 113 cm³/mol. The minimum atomic E-state index is -0.781. The van der Waals surface area contributed by atoms with E-state index in [0.717, 1.165) is 33.2 Å². The van der Waals surface area contributed by atoms with Crippen LogP contribution in [0.3, 0.4) is 0 Å². The number of nitrogens with zero attached hydrogens (tertiary/aromatic N) is 3. The highest BCUT2D eigenvalue weighted by Crippen LogP contribution is 2.35. The van der Waals surface area contributed by atoms with Gasteiger partial charge in [-0.3, -0.25) is 5.10 Å². The van der Waals surface area contributed by atoms with Gasteiger partial charge in [-0.15, -0.1) is 0 Å². The number of aromatic amines is 1. The zero-order chi connectivity index (χ0) is 19.7. The third kappa shape index (κ3) is 3.15. The van der Waals surface area contributed by atoms with Gasteiger partial charge >= 0.3 is 0 Å². The molecule has 28 heavy (non-hydrogen) atoms. The minimum Gasteiger partial charge on any atom is -0.384 e. The fourth-order valence-electron chi connectivity index (χ4n) is 3.32. The minimum absolute atomic E-state index is 0. The van der Waals surface area contributed by atoms with E-state index in [1.165, 1.54) is 0 Å². The van der Waals surface area contributed by atoms with Crippen LogP contribution in [0.25, 0.3) is 22.2 Å². The van der Waals surface area contributed by atoms with Gasteiger partial charge in [0.15, 0.2) is 5.65 Å². The Balaban J connectivity index is 0.00000160. The lowest BCUT2D eigenvalue weighted by Gasteiger charge is -2.21. The second kappa shape index (κ2) is 6.91. The van der Waals surface area contributed by atoms with Crippen LogP contribution in [0.5, 0.6) is 0 Å². The number of aliphatic hydroxyl groups is 1. The van der Waals surface area contributed by atoms with E-state index in [2.05, 4.69) is 21.3 Å². The molecule has 0 amide bonds. The molecular weight excluding hydrogens is 348 g/mol. The van der Waals surface area contributed by atoms with Crippen LogP contribution in [0, 0.1) is 11.3 Å². The molecule has 0 spiro atoms. The molecule has 2 heterocycles. The molecule has 0 aliphatic heterocycles. The molecule has 0 fully saturated rings. The van der Waals surface area contributed by atoms with Gasteiger partial charge in [-0.05, 0) is 59.9 Å². The predicted octanol–water partition coefficient (Wildman–Crippen LogP) is 5.00. The van der Waals surface area contributed by atoms with E-state index in [4.69, 9.17) is 0 Å². The van der Waals surface area contributed by atoms with Crippen molar-refractivity contribution in [3.8, 4) is 17.2 Å². The van der Waals surface area contributed by atoms with Crippen molar-refractivity contribution >= 4 is 11.0 Å². The van der Waals surface area contributed by atoms with Crippen molar-refractivity contribution in [1.82, 2.24) is 15.2 Å². The molecule has 0 aliphatic carbocycles. The number of nitrogens with one attached hydrogen (secondary N) is 1. The highest BCUT2D eigenvalue weighted by atomic mass is 16.3. The second-order valence-corrected chi connectivity index (χ2v) is 7.38. The third-order valence-corrected chi connectivity index (χ3v) is 5.05. The Kier molecular flexibility index (Phi) is 4.42. The van der Waals surface area contributed by atoms with Crippen LogP contribution in [-0.2, 0) is 5.41 Å². The first-order chi connectivity index (χ1) is 13.5. The Morgan fingerprint density at radius 3 is 2.64 bits per heavy atom. The topological polar surface area (TPSA) is 85.6 Å². The number of pyridine rings is 1. The summed E-state index contributed by atoms with van der Waals surface area (Å²) in [6, 6.07) is 19.7. The Morgan fingerprint density at radius 2 is 1.89 bits per heavy atom. The molecule has 4 rings (SSSR count). The zero-order valence-electron chi connectivity index (χ0n) is 15.7. The van der Waals surface area contributed by atoms with Crippen molar-refractivity contribution in [3.05, 3.63) is 83.7 Å². The van der Waals surface area contributed by atoms with E-state index in [1.807, 2.05) is 68.4 Å². The van der Waals surface area contributed by atoms with Crippen LogP contribution in [0.2, 0.25) is 0 Å². The summed E-state index contributed by atoms with van der Waals surface area (Å²) in [6.07, 6.45) is 2.69. The van der Waals surface area contributed by atoms with Crippen LogP contribution in [-0.4, -0.2) is 20.3 Å². The lowest BCUT2D eigenvalue weighted by atomic mass is 9.82. The number of hydrogen-bond acceptors (Lipinski definition) is 4. The molecule has 2 aromatic heterocycles. The number of aliphatic hydroxyl groups excluding tert-OH is 1. The second-order valence-electron chi connectivity index (χ2n) is 7.38. The number of H-pyrrole nitrogens is 1. The molecule has 0 saturated heterocycles. The maximum absolute atomic E-state index is 11.0. The summed E-state index contributed by atoms with van der Waals surface area (Å²) in [7, 11) is 0. The number of fused-ring (bicyclic) bond motifs is 1. The fraction of sp³-hybridized carbons (Fsp3) is 0.174. The largest absolute Gasteiger partial charge is 0.384 e. The summed E-state index contributed by atoms with van der Waals surface area (Å²) in [5.74, 6) is 0. The van der Waals surface area contributed by atoms with E-state index >= 15 is 0 Å². The number of rotatable bonds is 4. The Morgan fingerprint density at radius 1 is 1.11 bits per heavy atom. The third-order valence-electron chi connectivity index (χ3n) is 5.05. The van der Waals surface area contributed by atoms with Crippen LogP contribution in [0.1, 0.15) is 39.5 Å². The monoisotopic (exact) mass is 372 g/mol. The first-order valence-electron chi connectivity index (χ1n) is 9.08. The van der Waals surface area contributed by atoms with Crippen molar-refractivity contribution < 1.29 is 7.96 Å². The van der Waals surface area contributed by atoms with Crippen LogP contribution < -0.4 is 0 Å². The van der Waals surface area contributed by atoms with Crippen LogP contribution >= 0.6 is 0 Å². The van der Waals surface area contributed by atoms with Crippen molar-refractivity contribution in [2.45, 2.75) is 25.4 Å². The average Bonchev–Trinajstić information content (AvgIpc) is 3.22. The molecule has 1 unspecified atom stereocenters. The van der Waals surface area contributed by atoms with Gasteiger partial charge in [-0.2, -0.15) is 10.4 Å². The van der Waals surface area contributed by atoms with Crippen molar-refractivity contribution in [2.75, 3.05) is 0 Å². The zero-order valence-corrected chi connectivity index (χ0v) is 15.7. The van der Waals surface area contributed by atoms with Gasteiger partial charge in [0, 0.05) is 14.4 Å². The number of benzene rings is 2. The van der Waals surface area contributed by atoms with Crippen molar-refractivity contribution in [3.63, 3.8) is 0 Å². The van der Waals surface area contributed by atoms with Gasteiger partial charge in [0.2, 0.25) is 0 Å². The SMILES string of the molecule is CC(C)(C#N)c1cc(-c2ccnc3[nH]ncc23)cc(C(O)c2ccccc2)c1.[HH].[HH]. The summed E-state index contributed by atoms with van der Waals surface area (Å²) in [5.41, 5.74) is 4.29. The van der Waals surface area contributed by atoms with Gasteiger partial charge in [0.1, 0.15) is 6.10 Å². The van der Waals surface area contributed by atoms with E-state index in [0.29, 0.717) is 5.65 Å². The first kappa shape index (κ1) is 17.9. The van der Waals surface area contributed by atoms with Gasteiger partial charge in [-0.1, -0.05) is 36.4 Å². The summed E-state index contributed by atoms with van der Waals surface area (Å²) in [4.78, 5) is 4.30. The van der Waals surface area contributed by atoms with Gasteiger partial charge in [0.05, 0.1) is 17.7 Å². The van der Waals surface area contributed by atoms with Gasteiger partial charge in [-0.25, -0.2) is 4.98 Å². The molecule has 142 valence electrons. The first-order valence-corrected chi connectivity index (χ1v) is 9.08. The van der Waals surface area contributed by atoms with Crippen molar-refractivity contribution in [1.29, 1.82) is 5.26 Å². The van der Waals surface area contributed by atoms with Crippen LogP contribution in [0.4, 0.5) is 0 Å². The molecule has 2 N–H and O–H groups in total. The smallest absolute Gasteiger partial charge is 0.155 e. The molecule has 1 atom stereocenters. The molecular formula is C23H24N4O. The molecule has 5 nitrogen and oxygen atoms in total. The summed E-state index contributed by atoms with van der Waals surface area (Å²) in [5, 5.41) is 28.5. The lowest BCUT2D eigenvalue weighted by molar-refractivity contribution is 0.220. The molecule has 4 aromatic rings. The quantitative estimate of drug-likeness (QED) is 0.528. The van der Waals surface area contributed by atoms with E-state index in [9.17, 15) is 10.4 Å². The summed E-state index contributed by atoms with van der Waals surface area (Å²) in [6.45, 7) is 3.76. The van der Waals surface area contributed by atoms with Crippen LogP contribution in [0.15, 0.2) is 67.0 Å². The standard InChI is InChI=1S/C23H20N4O.2H2/c1-23(2,14-24)18-11-16(19-8-9-25-22-20(19)13-26-27-22)10-17(12-18)21(28)15-6-4-3-5-7-15;;/h3-13,21,28H,1-2H3,(H,25,26,27);2*1H. The maximum Gasteiger partial charge on any atom is 0.155 e. The normalized spacial score (nSPS) is 12.6. The lowest BCUT2D eigenvalue weighted by Crippen LogP contribution is -2.15. The fourth-order valence-corrected chi connectivity index (χ4v) is 3.32. The average molecular weight is 372 g/mol. The summed E-state index contributed by atoms with van der Waals surface area (Å²) < 4.78 is 0. The van der Waals surface area contributed by atoms with E-state index in [1.54, 1.807) is 12.4 Å². The number of hydrogen-bond donors (Lipinski definition) is 2. The Hall–Kier alpha value is -3.49. The van der Waals surface area contributed by atoms with Gasteiger partial charge < -0.3 is 5.11 Å². The number of aromatic nitrogens is 3. The summed E-state index contributed by atoms with van der Waals surface area (Å²) >= 11 is 0. The Bertz CT molecular complexity index is 1180. The molecule has 0 aliphatic rings. The highest BCUT2D eigenvalue weighted by Gasteiger charge is 2.23. The molecule has 0 radical (unpaired) electrons. The highest BCUT2D eigenvalue weighted by molar-refractivity contribution is 5.92. The van der Waals surface area contributed by atoms with E-state index < -0.39 is 11.5 Å². The molecule has 0 saturated carbocycles. The van der Waals surface area contributed by atoms with Gasteiger partial charge in [0.25, 0.3) is 0 Å². The number of nitriles is 1. The van der Waals surface area contributed by atoms with E-state index in [-0.39, 0.29) is 2.85 Å².